The third kappa shape index (κ3) is 4.15. The van der Waals surface area contributed by atoms with Gasteiger partial charge in [-0.1, -0.05) is 6.42 Å². The third-order valence-electron chi connectivity index (χ3n) is 3.72. The number of nitrogens with two attached hydrogens (primary N) is 1. The molecule has 1 aliphatic heterocycles. The zero-order valence-corrected chi connectivity index (χ0v) is 15.5. The molecule has 5 nitrogen and oxygen atoms in total. The van der Waals surface area contributed by atoms with Crippen LogP contribution >= 0.6 is 39.9 Å². The van der Waals surface area contributed by atoms with E-state index in [2.05, 4.69) is 26.2 Å². The van der Waals surface area contributed by atoms with Crippen LogP contribution in [0.5, 0.6) is 11.5 Å². The maximum atomic E-state index is 5.87. The van der Waals surface area contributed by atoms with Gasteiger partial charge in [0.2, 0.25) is 6.79 Å². The van der Waals surface area contributed by atoms with Crippen LogP contribution in [-0.2, 0) is 6.54 Å². The van der Waals surface area contributed by atoms with Crippen LogP contribution in [0.2, 0.25) is 0 Å². The van der Waals surface area contributed by atoms with E-state index in [1.165, 1.54) is 19.3 Å². The molecule has 0 spiro atoms. The van der Waals surface area contributed by atoms with Crippen LogP contribution in [-0.4, -0.2) is 19.3 Å². The number of nitrogens with one attached hydrogen (secondary N) is 1. The second-order valence-corrected chi connectivity index (χ2v) is 6.05. The lowest BCUT2D eigenvalue weighted by Gasteiger charge is -2.25. The van der Waals surface area contributed by atoms with Crippen molar-refractivity contribution in [3.8, 4) is 11.5 Å². The number of benzene rings is 1. The lowest BCUT2D eigenvalue weighted by Crippen LogP contribution is -2.37. The van der Waals surface area contributed by atoms with Crippen molar-refractivity contribution in [2.75, 3.05) is 13.3 Å². The summed E-state index contributed by atoms with van der Waals surface area (Å²) in [5.41, 5.74) is 6.91. The molecule has 1 aliphatic carbocycles. The van der Waals surface area contributed by atoms with E-state index in [0.717, 1.165) is 34.0 Å². The molecule has 1 aromatic carbocycles. The Bertz CT molecular complexity index is 535. The summed E-state index contributed by atoms with van der Waals surface area (Å²) in [6.45, 7) is 1.73. The van der Waals surface area contributed by atoms with Gasteiger partial charge in [0.15, 0.2) is 17.5 Å². The highest BCUT2D eigenvalue weighted by Gasteiger charge is 2.18. The highest BCUT2D eigenvalue weighted by Crippen LogP contribution is 2.40. The quantitative estimate of drug-likeness (QED) is 0.405. The maximum absolute atomic E-state index is 5.87. The van der Waals surface area contributed by atoms with Gasteiger partial charge in [0.1, 0.15) is 0 Å². The molecule has 0 saturated heterocycles. The summed E-state index contributed by atoms with van der Waals surface area (Å²) in [4.78, 5) is 4.36. The van der Waals surface area contributed by atoms with Crippen LogP contribution < -0.4 is 20.5 Å². The number of hydrogen-bond acceptors (Lipinski definition) is 3. The number of nitrogens with zero attached hydrogens (tertiary/aromatic N) is 1. The Hall–Kier alpha value is -0.700. The van der Waals surface area contributed by atoms with E-state index in [1.807, 2.05) is 12.1 Å². The van der Waals surface area contributed by atoms with Gasteiger partial charge in [0.05, 0.1) is 11.0 Å². The molecule has 116 valence electrons. The molecule has 1 aromatic rings. The molecule has 7 heteroatoms. The fourth-order valence-electron chi connectivity index (χ4n) is 2.29. The second-order valence-electron chi connectivity index (χ2n) is 5.19. The van der Waals surface area contributed by atoms with Gasteiger partial charge in [-0.3, -0.25) is 0 Å². The first-order valence-electron chi connectivity index (χ1n) is 6.84. The average Bonchev–Trinajstić information content (AvgIpc) is 2.83. The zero-order valence-electron chi connectivity index (χ0n) is 11.6. The van der Waals surface area contributed by atoms with Gasteiger partial charge in [-0.05, 0) is 52.4 Å². The minimum atomic E-state index is 0. The molecule has 1 fully saturated rings. The minimum absolute atomic E-state index is 0. The Balaban J connectivity index is 0.00000161. The SMILES string of the molecule is I.NC(=NCc1cc(Br)c2c(c1)OCO2)NCC1CCC1. The molecule has 1 saturated carbocycles. The van der Waals surface area contributed by atoms with E-state index >= 15 is 0 Å². The summed E-state index contributed by atoms with van der Waals surface area (Å²) in [5, 5.41) is 3.18. The lowest BCUT2D eigenvalue weighted by atomic mass is 9.85. The first-order chi connectivity index (χ1) is 9.72. The Kier molecular flexibility index (Phi) is 5.98. The van der Waals surface area contributed by atoms with E-state index in [0.29, 0.717) is 12.5 Å². The normalized spacial score (nSPS) is 17.1. The molecule has 0 atom stereocenters. The monoisotopic (exact) mass is 467 g/mol. The third-order valence-corrected chi connectivity index (χ3v) is 4.30. The van der Waals surface area contributed by atoms with Gasteiger partial charge in [0.25, 0.3) is 0 Å². The largest absolute Gasteiger partial charge is 0.454 e. The highest BCUT2D eigenvalue weighted by molar-refractivity contribution is 14.0. The first kappa shape index (κ1) is 16.7. The number of aliphatic imine (C=N–C) groups is 1. The summed E-state index contributed by atoms with van der Waals surface area (Å²) in [6.07, 6.45) is 3.94. The Morgan fingerprint density at radius 2 is 2.19 bits per heavy atom. The predicted molar refractivity (Wildman–Crippen MR) is 96.4 cm³/mol. The second kappa shape index (κ2) is 7.53. The molecule has 0 aromatic heterocycles. The standard InChI is InChI=1S/C14H18BrN3O2.HI/c15-11-4-10(5-12-13(11)20-8-19-12)7-18-14(16)17-6-9-2-1-3-9;/h4-5,9H,1-3,6-8H2,(H3,16,17,18);1H. The number of fused-ring (bicyclic) bond motifs is 1. The average molecular weight is 468 g/mol. The smallest absolute Gasteiger partial charge is 0.231 e. The van der Waals surface area contributed by atoms with Crippen LogP contribution in [0, 0.1) is 5.92 Å². The molecule has 1 heterocycles. The topological polar surface area (TPSA) is 68.9 Å². The molecule has 21 heavy (non-hydrogen) atoms. The van der Waals surface area contributed by atoms with Crippen molar-refractivity contribution in [1.29, 1.82) is 0 Å². The molecular formula is C14H19BrIN3O2. The molecule has 0 amide bonds. The zero-order chi connectivity index (χ0) is 13.9. The van der Waals surface area contributed by atoms with Crippen molar-refractivity contribution in [3.05, 3.63) is 22.2 Å². The number of halogens is 2. The van der Waals surface area contributed by atoms with E-state index in [4.69, 9.17) is 15.2 Å². The van der Waals surface area contributed by atoms with Crippen molar-refractivity contribution >= 4 is 45.9 Å². The molecule has 2 aliphatic rings. The minimum Gasteiger partial charge on any atom is -0.454 e. The molecule has 0 radical (unpaired) electrons. The van der Waals surface area contributed by atoms with E-state index in [9.17, 15) is 0 Å². The van der Waals surface area contributed by atoms with Gasteiger partial charge in [-0.15, -0.1) is 24.0 Å². The first-order valence-corrected chi connectivity index (χ1v) is 7.63. The summed E-state index contributed by atoms with van der Waals surface area (Å²) in [6, 6.07) is 3.92. The molecule has 0 bridgehead atoms. The van der Waals surface area contributed by atoms with Crippen LogP contribution in [0.4, 0.5) is 0 Å². The lowest BCUT2D eigenvalue weighted by molar-refractivity contribution is 0.173. The van der Waals surface area contributed by atoms with Crippen molar-refractivity contribution in [2.45, 2.75) is 25.8 Å². The van der Waals surface area contributed by atoms with Crippen LogP contribution in [0.15, 0.2) is 21.6 Å². The highest BCUT2D eigenvalue weighted by atomic mass is 127. The summed E-state index contributed by atoms with van der Waals surface area (Å²) < 4.78 is 11.6. The van der Waals surface area contributed by atoms with Crippen molar-refractivity contribution < 1.29 is 9.47 Å². The molecule has 0 unspecified atom stereocenters. The van der Waals surface area contributed by atoms with Gasteiger partial charge in [-0.2, -0.15) is 0 Å². The van der Waals surface area contributed by atoms with Crippen molar-refractivity contribution in [3.63, 3.8) is 0 Å². The van der Waals surface area contributed by atoms with Crippen LogP contribution in [0.1, 0.15) is 24.8 Å². The molecular weight excluding hydrogens is 449 g/mol. The summed E-state index contributed by atoms with van der Waals surface area (Å²) in [5.74, 6) is 2.79. The molecule has 3 N–H and O–H groups in total. The Morgan fingerprint density at radius 1 is 1.38 bits per heavy atom. The van der Waals surface area contributed by atoms with Gasteiger partial charge in [-0.25, -0.2) is 4.99 Å². The van der Waals surface area contributed by atoms with E-state index in [-0.39, 0.29) is 30.8 Å². The predicted octanol–water partition coefficient (Wildman–Crippen LogP) is 3.00. The van der Waals surface area contributed by atoms with Gasteiger partial charge in [0, 0.05) is 6.54 Å². The van der Waals surface area contributed by atoms with E-state index < -0.39 is 0 Å². The Labute approximate surface area is 149 Å². The summed E-state index contributed by atoms with van der Waals surface area (Å²) in [7, 11) is 0. The number of rotatable bonds is 4. The fourth-order valence-corrected chi connectivity index (χ4v) is 2.89. The van der Waals surface area contributed by atoms with Crippen molar-refractivity contribution in [1.82, 2.24) is 5.32 Å². The van der Waals surface area contributed by atoms with Crippen molar-refractivity contribution in [2.24, 2.45) is 16.6 Å². The maximum Gasteiger partial charge on any atom is 0.231 e. The molecule has 3 rings (SSSR count). The van der Waals surface area contributed by atoms with E-state index in [1.54, 1.807) is 0 Å². The van der Waals surface area contributed by atoms with Gasteiger partial charge >= 0.3 is 0 Å². The number of guanidine groups is 1. The van der Waals surface area contributed by atoms with Crippen LogP contribution in [0.3, 0.4) is 0 Å². The number of hydrogen-bond donors (Lipinski definition) is 2. The van der Waals surface area contributed by atoms with Crippen LogP contribution in [0.25, 0.3) is 0 Å². The summed E-state index contributed by atoms with van der Waals surface area (Å²) >= 11 is 3.47. The Morgan fingerprint density at radius 3 is 2.90 bits per heavy atom. The van der Waals surface area contributed by atoms with Gasteiger partial charge < -0.3 is 20.5 Å². The number of ether oxygens (including phenoxy) is 2. The fraction of sp³-hybridized carbons (Fsp3) is 0.500.